The molecule has 4 N–H and O–H groups in total. The van der Waals surface area contributed by atoms with Crippen molar-refractivity contribution in [3.05, 3.63) is 29.8 Å². The largest absolute Gasteiger partial charge is 0.478 e. The molecule has 0 radical (unpaired) electrons. The topological polar surface area (TPSA) is 108 Å². The normalized spacial score (nSPS) is 10.6. The molecule has 0 fully saturated rings. The molecule has 0 bridgehead atoms. The Morgan fingerprint density at radius 3 is 2.33 bits per heavy atom. The van der Waals surface area contributed by atoms with Crippen molar-refractivity contribution in [2.24, 2.45) is 0 Å². The van der Waals surface area contributed by atoms with Crippen molar-refractivity contribution in [2.45, 2.75) is 26.3 Å². The number of amides is 3. The number of urea groups is 1. The average Bonchev–Trinajstić information content (AvgIpc) is 2.35. The monoisotopic (exact) mass is 293 g/mol. The third-order valence-electron chi connectivity index (χ3n) is 2.33. The number of carbonyl (C=O) groups excluding carboxylic acids is 2. The van der Waals surface area contributed by atoms with E-state index in [1.165, 1.54) is 12.1 Å². The van der Waals surface area contributed by atoms with Gasteiger partial charge in [0.25, 0.3) is 0 Å². The second kappa shape index (κ2) is 6.74. The molecule has 0 atom stereocenters. The van der Waals surface area contributed by atoms with Crippen LogP contribution in [0.2, 0.25) is 0 Å². The van der Waals surface area contributed by atoms with Crippen LogP contribution in [0.25, 0.3) is 0 Å². The van der Waals surface area contributed by atoms with Gasteiger partial charge in [0.1, 0.15) is 0 Å². The Kier molecular flexibility index (Phi) is 5.29. The number of anilines is 1. The molecule has 0 saturated carbocycles. The smallest absolute Gasteiger partial charge is 0.337 e. The molecule has 0 aromatic heterocycles. The summed E-state index contributed by atoms with van der Waals surface area (Å²) in [6.07, 6.45) is 0. The van der Waals surface area contributed by atoms with E-state index in [4.69, 9.17) is 5.11 Å². The molecule has 114 valence electrons. The van der Waals surface area contributed by atoms with Crippen LogP contribution < -0.4 is 16.0 Å². The van der Waals surface area contributed by atoms with Crippen LogP contribution in [0.15, 0.2) is 24.3 Å². The fourth-order valence-electron chi connectivity index (χ4n) is 1.57. The van der Waals surface area contributed by atoms with E-state index in [0.29, 0.717) is 0 Å². The summed E-state index contributed by atoms with van der Waals surface area (Å²) in [5.41, 5.74) is -0.240. The molecule has 0 aliphatic heterocycles. The second-order valence-corrected chi connectivity index (χ2v) is 5.46. The number of aromatic carboxylic acids is 1. The Morgan fingerprint density at radius 1 is 1.14 bits per heavy atom. The van der Waals surface area contributed by atoms with Gasteiger partial charge in [0.15, 0.2) is 0 Å². The molecule has 0 saturated heterocycles. The third kappa shape index (κ3) is 5.94. The van der Waals surface area contributed by atoms with Gasteiger partial charge in [-0.15, -0.1) is 0 Å². The summed E-state index contributed by atoms with van der Waals surface area (Å²) < 4.78 is 0. The van der Waals surface area contributed by atoms with Crippen LogP contribution >= 0.6 is 0 Å². The van der Waals surface area contributed by atoms with Crippen molar-refractivity contribution in [1.82, 2.24) is 10.6 Å². The lowest BCUT2D eigenvalue weighted by atomic mass is 10.1. The summed E-state index contributed by atoms with van der Waals surface area (Å²) in [4.78, 5) is 34.2. The molecule has 0 unspecified atom stereocenters. The molecule has 7 nitrogen and oxygen atoms in total. The van der Waals surface area contributed by atoms with Crippen molar-refractivity contribution >= 4 is 23.6 Å². The minimum Gasteiger partial charge on any atom is -0.478 e. The molecular weight excluding hydrogens is 274 g/mol. The molecule has 0 aliphatic rings. The first-order valence-electron chi connectivity index (χ1n) is 6.37. The van der Waals surface area contributed by atoms with Crippen LogP contribution in [0.1, 0.15) is 31.1 Å². The molecule has 1 aromatic carbocycles. The van der Waals surface area contributed by atoms with Gasteiger partial charge in [-0.2, -0.15) is 0 Å². The number of para-hydroxylation sites is 1. The first-order chi connectivity index (χ1) is 9.69. The van der Waals surface area contributed by atoms with Crippen LogP contribution in [-0.2, 0) is 4.79 Å². The molecular formula is C14H19N3O4. The lowest BCUT2D eigenvalue weighted by Crippen LogP contribution is -2.46. The lowest BCUT2D eigenvalue weighted by molar-refractivity contribution is -0.121. The van der Waals surface area contributed by atoms with E-state index in [9.17, 15) is 14.4 Å². The Balaban J connectivity index is 2.55. The van der Waals surface area contributed by atoms with Crippen LogP contribution in [0.4, 0.5) is 10.5 Å². The van der Waals surface area contributed by atoms with Crippen LogP contribution in [0.3, 0.4) is 0 Å². The number of hydrogen-bond donors (Lipinski definition) is 4. The Morgan fingerprint density at radius 2 is 1.76 bits per heavy atom. The van der Waals surface area contributed by atoms with Gasteiger partial charge >= 0.3 is 12.0 Å². The van der Waals surface area contributed by atoms with Crippen LogP contribution in [0, 0.1) is 0 Å². The van der Waals surface area contributed by atoms with Gasteiger partial charge in [-0.3, -0.25) is 4.79 Å². The van der Waals surface area contributed by atoms with Crippen molar-refractivity contribution in [1.29, 1.82) is 0 Å². The Hall–Kier alpha value is -2.57. The van der Waals surface area contributed by atoms with E-state index in [1.807, 2.05) is 20.8 Å². The zero-order chi connectivity index (χ0) is 16.0. The predicted molar refractivity (Wildman–Crippen MR) is 78.3 cm³/mol. The minimum absolute atomic E-state index is 0.0215. The van der Waals surface area contributed by atoms with E-state index in [-0.39, 0.29) is 29.2 Å². The fraction of sp³-hybridized carbons (Fsp3) is 0.357. The maximum absolute atomic E-state index is 11.7. The number of rotatable bonds is 4. The minimum atomic E-state index is -1.14. The number of carboxylic acids is 1. The quantitative estimate of drug-likeness (QED) is 0.673. The predicted octanol–water partition coefficient (Wildman–Crippen LogP) is 1.42. The molecule has 0 heterocycles. The summed E-state index contributed by atoms with van der Waals surface area (Å²) in [5.74, 6) is -1.47. The van der Waals surface area contributed by atoms with E-state index in [0.717, 1.165) is 0 Å². The molecule has 7 heteroatoms. The highest BCUT2D eigenvalue weighted by Crippen LogP contribution is 2.14. The van der Waals surface area contributed by atoms with Gasteiger partial charge in [0.2, 0.25) is 5.91 Å². The SMILES string of the molecule is CC(C)(C)NC(=O)CNC(=O)Nc1ccccc1C(=O)O. The molecule has 21 heavy (non-hydrogen) atoms. The standard InChI is InChI=1S/C14H19N3O4/c1-14(2,3)17-11(18)8-15-13(21)16-10-7-5-4-6-9(10)12(19)20/h4-7H,8H2,1-3H3,(H,17,18)(H,19,20)(H2,15,16,21). The molecule has 1 rings (SSSR count). The summed E-state index contributed by atoms with van der Waals surface area (Å²) in [6, 6.07) is 5.37. The lowest BCUT2D eigenvalue weighted by Gasteiger charge is -2.20. The number of nitrogens with one attached hydrogen (secondary N) is 3. The zero-order valence-corrected chi connectivity index (χ0v) is 12.2. The number of carbonyl (C=O) groups is 3. The number of carboxylic acid groups (broad SMARTS) is 1. The van der Waals surface area contributed by atoms with Crippen LogP contribution in [0.5, 0.6) is 0 Å². The van der Waals surface area contributed by atoms with E-state index in [1.54, 1.807) is 12.1 Å². The molecule has 3 amide bonds. The fourth-order valence-corrected chi connectivity index (χ4v) is 1.57. The maximum atomic E-state index is 11.7. The van der Waals surface area contributed by atoms with Gasteiger partial charge in [0, 0.05) is 5.54 Å². The zero-order valence-electron chi connectivity index (χ0n) is 12.2. The highest BCUT2D eigenvalue weighted by molar-refractivity contribution is 6.00. The molecule has 0 spiro atoms. The van der Waals surface area contributed by atoms with E-state index < -0.39 is 12.0 Å². The summed E-state index contributed by atoms with van der Waals surface area (Å²) in [7, 11) is 0. The molecule has 0 aliphatic carbocycles. The average molecular weight is 293 g/mol. The summed E-state index contributed by atoms with van der Waals surface area (Å²) in [6.45, 7) is 5.29. The second-order valence-electron chi connectivity index (χ2n) is 5.46. The van der Waals surface area contributed by atoms with Gasteiger partial charge in [0.05, 0.1) is 17.8 Å². The van der Waals surface area contributed by atoms with E-state index in [2.05, 4.69) is 16.0 Å². The third-order valence-corrected chi connectivity index (χ3v) is 2.33. The van der Waals surface area contributed by atoms with E-state index >= 15 is 0 Å². The van der Waals surface area contributed by atoms with Gasteiger partial charge in [-0.05, 0) is 32.9 Å². The van der Waals surface area contributed by atoms with Gasteiger partial charge in [-0.25, -0.2) is 9.59 Å². The van der Waals surface area contributed by atoms with Crippen molar-refractivity contribution in [3.63, 3.8) is 0 Å². The van der Waals surface area contributed by atoms with Crippen molar-refractivity contribution in [3.8, 4) is 0 Å². The van der Waals surface area contributed by atoms with Gasteiger partial charge in [-0.1, -0.05) is 12.1 Å². The number of benzene rings is 1. The highest BCUT2D eigenvalue weighted by atomic mass is 16.4. The highest BCUT2D eigenvalue weighted by Gasteiger charge is 2.15. The first-order valence-corrected chi connectivity index (χ1v) is 6.37. The van der Waals surface area contributed by atoms with Crippen LogP contribution in [-0.4, -0.2) is 35.1 Å². The summed E-state index contributed by atoms with van der Waals surface area (Å²) >= 11 is 0. The van der Waals surface area contributed by atoms with Crippen molar-refractivity contribution in [2.75, 3.05) is 11.9 Å². The number of hydrogen-bond acceptors (Lipinski definition) is 3. The van der Waals surface area contributed by atoms with Crippen molar-refractivity contribution < 1.29 is 19.5 Å². The Bertz CT molecular complexity index is 549. The summed E-state index contributed by atoms with van der Waals surface area (Å²) in [5, 5.41) is 16.4. The Labute approximate surface area is 122 Å². The molecule has 1 aromatic rings. The maximum Gasteiger partial charge on any atom is 0.337 e. The first kappa shape index (κ1) is 16.5. The van der Waals surface area contributed by atoms with Gasteiger partial charge < -0.3 is 21.1 Å².